The molecule has 6 nitrogen and oxygen atoms in total. The monoisotopic (exact) mass is 530 g/mol. The number of fused-ring (bicyclic) bond motifs is 1. The van der Waals surface area contributed by atoms with Crippen LogP contribution >= 0.6 is 0 Å². The maximum Gasteiger partial charge on any atom is 0.416 e. The number of carbonyl (C=O) groups excluding carboxylic acids is 1. The summed E-state index contributed by atoms with van der Waals surface area (Å²) in [5, 5.41) is 2.56. The van der Waals surface area contributed by atoms with Crippen LogP contribution in [0.4, 0.5) is 24.5 Å². The molecule has 0 atom stereocenters. The summed E-state index contributed by atoms with van der Waals surface area (Å²) in [4.78, 5) is 35.2. The van der Waals surface area contributed by atoms with Crippen molar-refractivity contribution >= 4 is 23.0 Å². The standard InChI is InChI=1S/C24H20F3N3O.C6H5NO/c1-13-7-21-22(11-19(13)24(25,26)27)30-23(31)12-20(29-21)17-6-4-5-16(10-17)18-8-14(2)28-15(3)9-18;8-6-4-2-1-3-5-7-6/h4-11H,12H2,1-3H3,(H,30,31);1-5H. The first-order valence-electron chi connectivity index (χ1n) is 12.1. The molecule has 0 saturated heterocycles. The summed E-state index contributed by atoms with van der Waals surface area (Å²) in [5.74, 6) is -0.407. The summed E-state index contributed by atoms with van der Waals surface area (Å²) in [5.41, 5.74) is 4.44. The maximum atomic E-state index is 13.3. The van der Waals surface area contributed by atoms with Crippen LogP contribution in [-0.2, 0) is 11.0 Å². The second-order valence-corrected chi connectivity index (χ2v) is 9.05. The van der Waals surface area contributed by atoms with Crippen molar-refractivity contribution in [3.05, 3.63) is 117 Å². The highest BCUT2D eigenvalue weighted by molar-refractivity contribution is 6.17. The highest BCUT2D eigenvalue weighted by atomic mass is 19.4. The van der Waals surface area contributed by atoms with Crippen molar-refractivity contribution in [3.63, 3.8) is 0 Å². The molecule has 1 amide bonds. The molecule has 0 radical (unpaired) electrons. The van der Waals surface area contributed by atoms with Crippen LogP contribution in [0.1, 0.15) is 34.5 Å². The first kappa shape index (κ1) is 27.4. The number of amides is 1. The molecule has 5 rings (SSSR count). The van der Waals surface area contributed by atoms with Crippen molar-refractivity contribution in [2.75, 3.05) is 5.32 Å². The zero-order valence-corrected chi connectivity index (χ0v) is 21.5. The van der Waals surface area contributed by atoms with E-state index in [1.165, 1.54) is 25.3 Å². The molecule has 39 heavy (non-hydrogen) atoms. The van der Waals surface area contributed by atoms with Gasteiger partial charge < -0.3 is 5.32 Å². The Balaban J connectivity index is 0.000000379. The number of anilines is 1. The van der Waals surface area contributed by atoms with Gasteiger partial charge in [0.25, 0.3) is 5.56 Å². The number of rotatable bonds is 2. The number of nitrogens with zero attached hydrogens (tertiary/aromatic N) is 3. The molecular weight excluding hydrogens is 505 g/mol. The largest absolute Gasteiger partial charge is 0.416 e. The molecular formula is C30H25F3N4O2. The number of benzene rings is 2. The van der Waals surface area contributed by atoms with E-state index in [1.54, 1.807) is 18.2 Å². The Kier molecular flexibility index (Phi) is 7.99. The van der Waals surface area contributed by atoms with Gasteiger partial charge in [-0.1, -0.05) is 30.3 Å². The van der Waals surface area contributed by atoms with Crippen LogP contribution in [0.2, 0.25) is 0 Å². The third kappa shape index (κ3) is 7.01. The van der Waals surface area contributed by atoms with E-state index in [2.05, 4.69) is 20.3 Å². The van der Waals surface area contributed by atoms with Gasteiger partial charge in [0.1, 0.15) is 0 Å². The van der Waals surface area contributed by atoms with Crippen molar-refractivity contribution in [2.24, 2.45) is 4.99 Å². The highest BCUT2D eigenvalue weighted by Gasteiger charge is 2.34. The molecule has 0 aliphatic carbocycles. The van der Waals surface area contributed by atoms with Gasteiger partial charge >= 0.3 is 6.18 Å². The minimum atomic E-state index is -4.50. The zero-order chi connectivity index (χ0) is 28.2. The fourth-order valence-corrected chi connectivity index (χ4v) is 4.18. The van der Waals surface area contributed by atoms with Gasteiger partial charge in [0.15, 0.2) is 0 Å². The summed E-state index contributed by atoms with van der Waals surface area (Å²) < 4.78 is 39.8. The molecule has 4 aromatic rings. The van der Waals surface area contributed by atoms with Gasteiger partial charge in [-0.15, -0.1) is 0 Å². The lowest BCUT2D eigenvalue weighted by Crippen LogP contribution is -2.15. The fraction of sp³-hybridized carbons (Fsp3) is 0.167. The molecule has 0 unspecified atom stereocenters. The van der Waals surface area contributed by atoms with E-state index < -0.39 is 17.6 Å². The molecule has 0 fully saturated rings. The number of hydrogen-bond acceptors (Lipinski definition) is 5. The second-order valence-electron chi connectivity index (χ2n) is 9.05. The molecule has 2 aromatic heterocycles. The van der Waals surface area contributed by atoms with Crippen LogP contribution in [0.15, 0.2) is 88.8 Å². The van der Waals surface area contributed by atoms with Gasteiger partial charge in [0.05, 0.1) is 29.1 Å². The number of aryl methyl sites for hydroxylation is 3. The smallest absolute Gasteiger partial charge is 0.324 e. The summed E-state index contributed by atoms with van der Waals surface area (Å²) in [6.45, 7) is 5.24. The van der Waals surface area contributed by atoms with E-state index in [1.807, 2.05) is 50.2 Å². The van der Waals surface area contributed by atoms with E-state index in [4.69, 9.17) is 0 Å². The van der Waals surface area contributed by atoms with Gasteiger partial charge in [0.2, 0.25) is 5.91 Å². The van der Waals surface area contributed by atoms with Crippen LogP contribution in [0, 0.1) is 20.8 Å². The SMILES string of the molecule is Cc1cc(-c2cccc(C3=Nc4cc(C)c(C(F)(F)F)cc4NC(=O)C3)c2)cc(C)n1.O=c1cccccn1. The van der Waals surface area contributed by atoms with Crippen molar-refractivity contribution in [3.8, 4) is 11.1 Å². The van der Waals surface area contributed by atoms with Gasteiger partial charge in [-0.05, 0) is 79.4 Å². The van der Waals surface area contributed by atoms with Gasteiger partial charge in [0, 0.05) is 23.7 Å². The number of pyridine rings is 1. The van der Waals surface area contributed by atoms with E-state index in [0.717, 1.165) is 34.1 Å². The van der Waals surface area contributed by atoms with Gasteiger partial charge in [-0.25, -0.2) is 4.98 Å². The van der Waals surface area contributed by atoms with Crippen molar-refractivity contribution in [1.29, 1.82) is 0 Å². The van der Waals surface area contributed by atoms with Gasteiger partial charge in [-0.3, -0.25) is 19.6 Å². The average Bonchev–Trinajstić information content (AvgIpc) is 3.20. The van der Waals surface area contributed by atoms with Crippen LogP contribution in [0.5, 0.6) is 0 Å². The van der Waals surface area contributed by atoms with E-state index in [-0.39, 0.29) is 23.2 Å². The minimum absolute atomic E-state index is 0.0348. The van der Waals surface area contributed by atoms with Gasteiger partial charge in [-0.2, -0.15) is 13.2 Å². The Morgan fingerprint density at radius 2 is 1.51 bits per heavy atom. The predicted molar refractivity (Wildman–Crippen MR) is 145 cm³/mol. The highest BCUT2D eigenvalue weighted by Crippen LogP contribution is 2.39. The zero-order valence-electron chi connectivity index (χ0n) is 21.5. The van der Waals surface area contributed by atoms with E-state index in [0.29, 0.717) is 11.4 Å². The molecule has 1 aliphatic rings. The maximum absolute atomic E-state index is 13.3. The van der Waals surface area contributed by atoms with Crippen molar-refractivity contribution in [2.45, 2.75) is 33.4 Å². The molecule has 0 spiro atoms. The molecule has 0 saturated carbocycles. The number of aliphatic imine (C=N–C) groups is 1. The van der Waals surface area contributed by atoms with Crippen molar-refractivity contribution in [1.82, 2.24) is 9.97 Å². The summed E-state index contributed by atoms with van der Waals surface area (Å²) in [6, 6.07) is 20.4. The first-order chi connectivity index (χ1) is 18.5. The molecule has 0 bridgehead atoms. The van der Waals surface area contributed by atoms with Crippen LogP contribution in [0.3, 0.4) is 0 Å². The Bertz CT molecular complexity index is 1590. The lowest BCUT2D eigenvalue weighted by molar-refractivity contribution is -0.138. The fourth-order valence-electron chi connectivity index (χ4n) is 4.18. The molecule has 198 valence electrons. The Hall–Kier alpha value is -4.66. The van der Waals surface area contributed by atoms with Crippen LogP contribution < -0.4 is 10.9 Å². The normalized spacial score (nSPS) is 12.8. The molecule has 3 heterocycles. The number of alkyl halides is 3. The second kappa shape index (κ2) is 11.4. The summed E-state index contributed by atoms with van der Waals surface area (Å²) >= 11 is 0. The topological polar surface area (TPSA) is 84.3 Å². The van der Waals surface area contributed by atoms with Crippen LogP contribution in [-0.4, -0.2) is 21.6 Å². The van der Waals surface area contributed by atoms with E-state index in [9.17, 15) is 22.8 Å². The number of aromatic nitrogens is 2. The average molecular weight is 531 g/mol. The molecule has 1 N–H and O–H groups in total. The summed E-state index contributed by atoms with van der Waals surface area (Å²) in [7, 11) is 0. The molecule has 9 heteroatoms. The number of carbonyl (C=O) groups is 1. The Morgan fingerprint density at radius 3 is 2.23 bits per heavy atom. The Labute approximate surface area is 223 Å². The Morgan fingerprint density at radius 1 is 0.795 bits per heavy atom. The lowest BCUT2D eigenvalue weighted by atomic mass is 9.99. The predicted octanol–water partition coefficient (Wildman–Crippen LogP) is 6.60. The van der Waals surface area contributed by atoms with Crippen LogP contribution in [0.25, 0.3) is 11.1 Å². The third-order valence-electron chi connectivity index (χ3n) is 5.87. The van der Waals surface area contributed by atoms with E-state index >= 15 is 0 Å². The molecule has 2 aromatic carbocycles. The number of hydrogen-bond donors (Lipinski definition) is 1. The number of halogens is 3. The first-order valence-corrected chi connectivity index (χ1v) is 12.1. The lowest BCUT2D eigenvalue weighted by Gasteiger charge is -2.13. The minimum Gasteiger partial charge on any atom is -0.324 e. The molecule has 1 aliphatic heterocycles. The summed E-state index contributed by atoms with van der Waals surface area (Å²) in [6.07, 6.45) is -3.06. The third-order valence-corrected chi connectivity index (χ3v) is 5.87. The quantitative estimate of drug-likeness (QED) is 0.317. The van der Waals surface area contributed by atoms with Crippen molar-refractivity contribution < 1.29 is 18.0 Å². The number of nitrogens with one attached hydrogen (secondary N) is 1.